The highest BCUT2D eigenvalue weighted by Crippen LogP contribution is 2.06. The molecular formula is C7H14N2O. The molecule has 3 heteroatoms. The molecule has 58 valence electrons. The highest BCUT2D eigenvalue weighted by Gasteiger charge is 2.26. The van der Waals surface area contributed by atoms with E-state index in [4.69, 9.17) is 0 Å². The lowest BCUT2D eigenvalue weighted by molar-refractivity contribution is 0.206. The van der Waals surface area contributed by atoms with E-state index in [-0.39, 0.29) is 6.03 Å². The lowest BCUT2D eigenvalue weighted by Crippen LogP contribution is -2.33. The second kappa shape index (κ2) is 2.48. The number of carbonyl (C=O) groups is 1. The molecule has 1 rings (SSSR count). The van der Waals surface area contributed by atoms with Crippen LogP contribution in [0.15, 0.2) is 0 Å². The van der Waals surface area contributed by atoms with Crippen LogP contribution in [0, 0.1) is 0 Å². The Hall–Kier alpha value is -0.730. The third kappa shape index (κ3) is 1.23. The van der Waals surface area contributed by atoms with E-state index in [9.17, 15) is 4.79 Å². The highest BCUT2D eigenvalue weighted by molar-refractivity contribution is 5.77. The predicted molar refractivity (Wildman–Crippen MR) is 39.8 cm³/mol. The van der Waals surface area contributed by atoms with E-state index in [1.54, 1.807) is 0 Å². The molecule has 0 aromatic heterocycles. The van der Waals surface area contributed by atoms with Gasteiger partial charge < -0.3 is 10.2 Å². The maximum absolute atomic E-state index is 11.0. The van der Waals surface area contributed by atoms with Gasteiger partial charge in [-0.05, 0) is 20.8 Å². The summed E-state index contributed by atoms with van der Waals surface area (Å²) in [7, 11) is 0. The minimum Gasteiger partial charge on any atom is -0.334 e. The SMILES string of the molecule is CC(C)N1C[C@@H](C)NC1=O. The zero-order valence-corrected chi connectivity index (χ0v) is 6.72. The van der Waals surface area contributed by atoms with Crippen molar-refractivity contribution in [1.82, 2.24) is 10.2 Å². The number of nitrogens with zero attached hydrogens (tertiary/aromatic N) is 1. The van der Waals surface area contributed by atoms with Gasteiger partial charge >= 0.3 is 6.03 Å². The van der Waals surface area contributed by atoms with Crippen molar-refractivity contribution < 1.29 is 4.79 Å². The van der Waals surface area contributed by atoms with Crippen LogP contribution in [0.2, 0.25) is 0 Å². The second-order valence-corrected chi connectivity index (χ2v) is 3.10. The van der Waals surface area contributed by atoms with Crippen molar-refractivity contribution >= 4 is 6.03 Å². The van der Waals surface area contributed by atoms with Crippen LogP contribution in [0.5, 0.6) is 0 Å². The zero-order valence-electron chi connectivity index (χ0n) is 6.72. The first-order chi connectivity index (χ1) is 4.61. The Labute approximate surface area is 61.4 Å². The van der Waals surface area contributed by atoms with Gasteiger partial charge in [-0.15, -0.1) is 0 Å². The van der Waals surface area contributed by atoms with Crippen molar-refractivity contribution in [3.05, 3.63) is 0 Å². The molecule has 0 saturated carbocycles. The first-order valence-electron chi connectivity index (χ1n) is 3.68. The molecule has 0 aromatic carbocycles. The van der Waals surface area contributed by atoms with Crippen LogP contribution in [-0.2, 0) is 0 Å². The molecular weight excluding hydrogens is 128 g/mol. The predicted octanol–water partition coefficient (Wildman–Crippen LogP) is 0.809. The summed E-state index contributed by atoms with van der Waals surface area (Å²) < 4.78 is 0. The van der Waals surface area contributed by atoms with Crippen molar-refractivity contribution in [1.29, 1.82) is 0 Å². The van der Waals surface area contributed by atoms with Crippen LogP contribution in [0.1, 0.15) is 20.8 Å². The Morgan fingerprint density at radius 3 is 2.50 bits per heavy atom. The fraction of sp³-hybridized carbons (Fsp3) is 0.857. The van der Waals surface area contributed by atoms with Gasteiger partial charge in [0.15, 0.2) is 0 Å². The molecule has 3 nitrogen and oxygen atoms in total. The van der Waals surface area contributed by atoms with Gasteiger partial charge in [-0.2, -0.15) is 0 Å². The third-order valence-corrected chi connectivity index (χ3v) is 1.72. The fourth-order valence-electron chi connectivity index (χ4n) is 1.16. The molecule has 0 aliphatic carbocycles. The topological polar surface area (TPSA) is 32.3 Å². The van der Waals surface area contributed by atoms with Crippen molar-refractivity contribution in [2.24, 2.45) is 0 Å². The Kier molecular flexibility index (Phi) is 1.83. The smallest absolute Gasteiger partial charge is 0.317 e. The quantitative estimate of drug-likeness (QED) is 0.577. The van der Waals surface area contributed by atoms with Crippen molar-refractivity contribution in [3.63, 3.8) is 0 Å². The summed E-state index contributed by atoms with van der Waals surface area (Å²) in [6, 6.07) is 0.711. The summed E-state index contributed by atoms with van der Waals surface area (Å²) in [5, 5.41) is 2.84. The first-order valence-corrected chi connectivity index (χ1v) is 3.68. The van der Waals surface area contributed by atoms with E-state index >= 15 is 0 Å². The molecule has 0 radical (unpaired) electrons. The molecule has 1 aliphatic rings. The summed E-state index contributed by atoms with van der Waals surface area (Å²) >= 11 is 0. The van der Waals surface area contributed by atoms with Gasteiger partial charge in [0.1, 0.15) is 0 Å². The largest absolute Gasteiger partial charge is 0.334 e. The summed E-state index contributed by atoms with van der Waals surface area (Å²) in [5.74, 6) is 0. The monoisotopic (exact) mass is 142 g/mol. The van der Waals surface area contributed by atoms with Crippen LogP contribution < -0.4 is 5.32 Å². The molecule has 1 atom stereocenters. The van der Waals surface area contributed by atoms with Gasteiger partial charge in [0.05, 0.1) is 0 Å². The first kappa shape index (κ1) is 7.38. The number of hydrogen-bond donors (Lipinski definition) is 1. The highest BCUT2D eigenvalue weighted by atomic mass is 16.2. The molecule has 0 aromatic rings. The van der Waals surface area contributed by atoms with E-state index in [0.717, 1.165) is 6.54 Å². The molecule has 0 spiro atoms. The summed E-state index contributed by atoms with van der Waals surface area (Å²) in [4.78, 5) is 12.9. The number of urea groups is 1. The van der Waals surface area contributed by atoms with Crippen molar-refractivity contribution in [3.8, 4) is 0 Å². The van der Waals surface area contributed by atoms with Crippen molar-refractivity contribution in [2.45, 2.75) is 32.9 Å². The maximum Gasteiger partial charge on any atom is 0.317 e. The van der Waals surface area contributed by atoms with Crippen LogP contribution in [0.3, 0.4) is 0 Å². The molecule has 1 saturated heterocycles. The fourth-order valence-corrected chi connectivity index (χ4v) is 1.16. The van der Waals surface area contributed by atoms with E-state index in [2.05, 4.69) is 5.32 Å². The zero-order chi connectivity index (χ0) is 7.72. The standard InChI is InChI=1S/C7H14N2O/c1-5(2)9-4-6(3)8-7(9)10/h5-6H,4H2,1-3H3,(H,8,10)/t6-/m1/s1. The lowest BCUT2D eigenvalue weighted by Gasteiger charge is -2.18. The molecule has 1 N–H and O–H groups in total. The number of amides is 2. The molecule has 1 fully saturated rings. The van der Waals surface area contributed by atoms with Crippen molar-refractivity contribution in [2.75, 3.05) is 6.54 Å². The molecule has 0 unspecified atom stereocenters. The van der Waals surface area contributed by atoms with Gasteiger partial charge in [0, 0.05) is 18.6 Å². The normalized spacial score (nSPS) is 25.8. The number of carbonyl (C=O) groups excluding carboxylic acids is 1. The molecule has 2 amide bonds. The van der Waals surface area contributed by atoms with Crippen LogP contribution in [0.4, 0.5) is 4.79 Å². The molecule has 10 heavy (non-hydrogen) atoms. The van der Waals surface area contributed by atoms with Crippen LogP contribution >= 0.6 is 0 Å². The van der Waals surface area contributed by atoms with E-state index in [1.807, 2.05) is 25.7 Å². The minimum atomic E-state index is 0.0718. The summed E-state index contributed by atoms with van der Waals surface area (Å²) in [6.07, 6.45) is 0. The Morgan fingerprint density at radius 1 is 1.70 bits per heavy atom. The van der Waals surface area contributed by atoms with Gasteiger partial charge in [0.2, 0.25) is 0 Å². The number of nitrogens with one attached hydrogen (secondary N) is 1. The number of hydrogen-bond acceptors (Lipinski definition) is 1. The average Bonchev–Trinajstić information content (AvgIpc) is 2.10. The minimum absolute atomic E-state index is 0.0718. The van der Waals surface area contributed by atoms with Gasteiger partial charge in [-0.3, -0.25) is 0 Å². The molecule has 1 aliphatic heterocycles. The maximum atomic E-state index is 11.0. The van der Waals surface area contributed by atoms with Gasteiger partial charge in [-0.25, -0.2) is 4.79 Å². The number of rotatable bonds is 1. The molecule has 1 heterocycles. The third-order valence-electron chi connectivity index (χ3n) is 1.72. The second-order valence-electron chi connectivity index (χ2n) is 3.10. The average molecular weight is 142 g/mol. The van der Waals surface area contributed by atoms with Gasteiger partial charge in [0.25, 0.3) is 0 Å². The Morgan fingerprint density at radius 2 is 2.30 bits per heavy atom. The summed E-state index contributed by atoms with van der Waals surface area (Å²) in [6.45, 7) is 6.91. The van der Waals surface area contributed by atoms with Gasteiger partial charge in [-0.1, -0.05) is 0 Å². The summed E-state index contributed by atoms with van der Waals surface area (Å²) in [5.41, 5.74) is 0. The van der Waals surface area contributed by atoms with E-state index in [1.165, 1.54) is 0 Å². The molecule has 0 bridgehead atoms. The van der Waals surface area contributed by atoms with Crippen LogP contribution in [0.25, 0.3) is 0 Å². The van der Waals surface area contributed by atoms with E-state index in [0.29, 0.717) is 12.1 Å². The van der Waals surface area contributed by atoms with Crippen LogP contribution in [-0.4, -0.2) is 29.6 Å². The lowest BCUT2D eigenvalue weighted by atomic mass is 10.3. The van der Waals surface area contributed by atoms with E-state index < -0.39 is 0 Å². The Bertz CT molecular complexity index is 145. The Balaban J connectivity index is 2.55.